The quantitative estimate of drug-likeness (QED) is 0.557. The average Bonchev–Trinajstić information content (AvgIpc) is 3.09. The predicted octanol–water partition coefficient (Wildman–Crippen LogP) is 3.89. The monoisotopic (exact) mass is 445 g/mol. The van der Waals surface area contributed by atoms with Crippen molar-refractivity contribution in [1.29, 1.82) is 0 Å². The van der Waals surface area contributed by atoms with Crippen molar-refractivity contribution >= 4 is 28.2 Å². The third-order valence-corrected chi connectivity index (χ3v) is 6.53. The molecule has 0 bridgehead atoms. The fourth-order valence-corrected chi connectivity index (χ4v) is 4.71. The number of aryl methyl sites for hydroxylation is 1. The predicted molar refractivity (Wildman–Crippen MR) is 131 cm³/mol. The van der Waals surface area contributed by atoms with Crippen molar-refractivity contribution < 1.29 is 9.53 Å². The first-order valence-electron chi connectivity index (χ1n) is 12.0. The van der Waals surface area contributed by atoms with Gasteiger partial charge in [-0.25, -0.2) is 0 Å². The third-order valence-electron chi connectivity index (χ3n) is 6.53. The van der Waals surface area contributed by atoms with Crippen LogP contribution in [-0.4, -0.2) is 60.1 Å². The zero-order valence-corrected chi connectivity index (χ0v) is 19.0. The molecule has 0 radical (unpaired) electrons. The largest absolute Gasteiger partial charge is 0.478 e. The number of pyridine rings is 2. The number of ether oxygens (including phenoxy) is 1. The maximum absolute atomic E-state index is 11.6. The normalized spacial score (nSPS) is 16.8. The first-order valence-corrected chi connectivity index (χ1v) is 12.0. The van der Waals surface area contributed by atoms with E-state index < -0.39 is 0 Å². The van der Waals surface area contributed by atoms with E-state index in [1.807, 2.05) is 24.5 Å². The molecule has 2 aliphatic rings. The van der Waals surface area contributed by atoms with E-state index in [1.54, 1.807) is 0 Å². The van der Waals surface area contributed by atoms with Crippen molar-refractivity contribution in [2.45, 2.75) is 32.1 Å². The molecule has 5 rings (SSSR count). The Morgan fingerprint density at radius 1 is 0.970 bits per heavy atom. The summed E-state index contributed by atoms with van der Waals surface area (Å²) >= 11 is 0. The highest BCUT2D eigenvalue weighted by molar-refractivity contribution is 5.93. The topological polar surface area (TPSA) is 70.6 Å². The second-order valence-electron chi connectivity index (χ2n) is 8.82. The number of benzene rings is 1. The highest BCUT2D eigenvalue weighted by atomic mass is 16.5. The number of rotatable bonds is 7. The Hall–Kier alpha value is -3.19. The molecule has 4 heterocycles. The van der Waals surface area contributed by atoms with Crippen LogP contribution >= 0.6 is 0 Å². The molecule has 0 spiro atoms. The Morgan fingerprint density at radius 3 is 2.88 bits per heavy atom. The van der Waals surface area contributed by atoms with E-state index in [1.165, 1.54) is 16.5 Å². The van der Waals surface area contributed by atoms with Crippen molar-refractivity contribution in [3.8, 4) is 5.88 Å². The molecule has 0 unspecified atom stereocenters. The summed E-state index contributed by atoms with van der Waals surface area (Å²) in [5.74, 6) is 1.27. The number of hydrogen-bond donors (Lipinski definition) is 1. The highest BCUT2D eigenvalue weighted by Crippen LogP contribution is 2.26. The molecule has 2 aromatic heterocycles. The molecule has 1 N–H and O–H groups in total. The van der Waals surface area contributed by atoms with Gasteiger partial charge in [-0.15, -0.1) is 0 Å². The Kier molecular flexibility index (Phi) is 6.67. The van der Waals surface area contributed by atoms with Gasteiger partial charge in [0.25, 0.3) is 0 Å². The zero-order chi connectivity index (χ0) is 22.5. The lowest BCUT2D eigenvalue weighted by atomic mass is 10.1. The van der Waals surface area contributed by atoms with E-state index in [9.17, 15) is 4.79 Å². The summed E-state index contributed by atoms with van der Waals surface area (Å²) in [6.45, 7) is 6.00. The molecule has 7 nitrogen and oxygen atoms in total. The van der Waals surface area contributed by atoms with Crippen LogP contribution in [0.1, 0.15) is 31.2 Å². The lowest BCUT2D eigenvalue weighted by Gasteiger charge is -2.24. The molecule has 1 fully saturated rings. The SMILES string of the molecule is O=C1CCc2ccc(OCCCCN3CCCN(c4cncc5ccccc45)CC3)nc2N1. The summed E-state index contributed by atoms with van der Waals surface area (Å²) in [6.07, 6.45) is 8.47. The van der Waals surface area contributed by atoms with Crippen molar-refractivity contribution in [1.82, 2.24) is 14.9 Å². The van der Waals surface area contributed by atoms with E-state index in [-0.39, 0.29) is 5.91 Å². The van der Waals surface area contributed by atoms with Gasteiger partial charge in [-0.3, -0.25) is 9.78 Å². The summed E-state index contributed by atoms with van der Waals surface area (Å²) in [7, 11) is 0. The van der Waals surface area contributed by atoms with E-state index in [4.69, 9.17) is 4.74 Å². The highest BCUT2D eigenvalue weighted by Gasteiger charge is 2.18. The number of hydrogen-bond acceptors (Lipinski definition) is 6. The molecule has 1 aromatic carbocycles. The van der Waals surface area contributed by atoms with Crippen LogP contribution in [0, 0.1) is 0 Å². The van der Waals surface area contributed by atoms with Crippen LogP contribution in [0.25, 0.3) is 10.8 Å². The lowest BCUT2D eigenvalue weighted by Crippen LogP contribution is -2.31. The standard InChI is InChI=1S/C26H31N5O2/c32-24-10-8-20-9-11-25(29-26(20)28-24)33-17-4-3-12-30-13-5-14-31(16-15-30)23-19-27-18-21-6-1-2-7-22(21)23/h1-2,6-7,9,11,18-19H,3-5,8,10,12-17H2,(H,28,29,32). The minimum absolute atomic E-state index is 0.0277. The van der Waals surface area contributed by atoms with E-state index in [0.717, 1.165) is 64.0 Å². The van der Waals surface area contributed by atoms with Gasteiger partial charge in [-0.2, -0.15) is 4.98 Å². The summed E-state index contributed by atoms with van der Waals surface area (Å²) in [5.41, 5.74) is 2.33. The molecule has 3 aromatic rings. The van der Waals surface area contributed by atoms with Crippen LogP contribution in [-0.2, 0) is 11.2 Å². The van der Waals surface area contributed by atoms with Gasteiger partial charge in [0.15, 0.2) is 0 Å². The number of carbonyl (C=O) groups is 1. The van der Waals surface area contributed by atoms with Gasteiger partial charge in [-0.1, -0.05) is 24.3 Å². The third kappa shape index (κ3) is 5.25. The van der Waals surface area contributed by atoms with Gasteiger partial charge in [0, 0.05) is 49.1 Å². The number of fused-ring (bicyclic) bond motifs is 2. The fraction of sp³-hybridized carbons (Fsp3) is 0.423. The van der Waals surface area contributed by atoms with Crippen LogP contribution in [0.5, 0.6) is 5.88 Å². The van der Waals surface area contributed by atoms with Gasteiger partial charge in [0.2, 0.25) is 11.8 Å². The number of amides is 1. The molecule has 1 saturated heterocycles. The number of nitrogens with zero attached hydrogens (tertiary/aromatic N) is 4. The van der Waals surface area contributed by atoms with Crippen molar-refractivity contribution in [2.75, 3.05) is 49.5 Å². The summed E-state index contributed by atoms with van der Waals surface area (Å²) < 4.78 is 5.84. The number of aromatic nitrogens is 2. The van der Waals surface area contributed by atoms with Crippen LogP contribution < -0.4 is 15.0 Å². The minimum atomic E-state index is 0.0277. The average molecular weight is 446 g/mol. The molecular weight excluding hydrogens is 414 g/mol. The van der Waals surface area contributed by atoms with Gasteiger partial charge in [0.05, 0.1) is 18.5 Å². The molecule has 1 amide bonds. The van der Waals surface area contributed by atoms with E-state index in [2.05, 4.69) is 49.4 Å². The Balaban J connectivity index is 1.07. The van der Waals surface area contributed by atoms with E-state index >= 15 is 0 Å². The van der Waals surface area contributed by atoms with Crippen LogP contribution in [0.3, 0.4) is 0 Å². The number of carbonyl (C=O) groups excluding carboxylic acids is 1. The lowest BCUT2D eigenvalue weighted by molar-refractivity contribution is -0.116. The van der Waals surface area contributed by atoms with Gasteiger partial charge in [-0.05, 0) is 50.4 Å². The molecule has 7 heteroatoms. The maximum Gasteiger partial charge on any atom is 0.225 e. The van der Waals surface area contributed by atoms with Gasteiger partial charge < -0.3 is 19.9 Å². The fourth-order valence-electron chi connectivity index (χ4n) is 4.71. The smallest absolute Gasteiger partial charge is 0.225 e. The van der Waals surface area contributed by atoms with Crippen molar-refractivity contribution in [2.24, 2.45) is 0 Å². The first kappa shape index (κ1) is 21.6. The first-order chi connectivity index (χ1) is 16.3. The summed E-state index contributed by atoms with van der Waals surface area (Å²) in [4.78, 5) is 25.5. The molecule has 0 saturated carbocycles. The zero-order valence-electron chi connectivity index (χ0n) is 19.0. The van der Waals surface area contributed by atoms with Crippen LogP contribution in [0.15, 0.2) is 48.8 Å². The summed E-state index contributed by atoms with van der Waals surface area (Å²) in [5, 5.41) is 5.32. The van der Waals surface area contributed by atoms with Crippen LogP contribution in [0.4, 0.5) is 11.5 Å². The molecule has 2 aliphatic heterocycles. The number of nitrogens with one attached hydrogen (secondary N) is 1. The Labute approximate surface area is 194 Å². The number of anilines is 2. The maximum atomic E-state index is 11.6. The van der Waals surface area contributed by atoms with E-state index in [0.29, 0.717) is 24.7 Å². The molecule has 33 heavy (non-hydrogen) atoms. The Bertz CT molecular complexity index is 1110. The van der Waals surface area contributed by atoms with Crippen LogP contribution in [0.2, 0.25) is 0 Å². The minimum Gasteiger partial charge on any atom is -0.478 e. The number of unbranched alkanes of at least 4 members (excludes halogenated alkanes) is 1. The molecule has 0 atom stereocenters. The van der Waals surface area contributed by atoms with Crippen molar-refractivity contribution in [3.05, 3.63) is 54.4 Å². The van der Waals surface area contributed by atoms with Crippen molar-refractivity contribution in [3.63, 3.8) is 0 Å². The second-order valence-corrected chi connectivity index (χ2v) is 8.82. The molecule has 172 valence electrons. The summed E-state index contributed by atoms with van der Waals surface area (Å²) in [6, 6.07) is 12.4. The molecule has 0 aliphatic carbocycles. The Morgan fingerprint density at radius 2 is 1.91 bits per heavy atom. The van der Waals surface area contributed by atoms with Gasteiger partial charge in [0.1, 0.15) is 5.82 Å². The second kappa shape index (κ2) is 10.2. The molecular formula is C26H31N5O2. The van der Waals surface area contributed by atoms with Gasteiger partial charge >= 0.3 is 0 Å².